The summed E-state index contributed by atoms with van der Waals surface area (Å²) in [5.41, 5.74) is -2.22. The molecular weight excluding hydrogens is 305 g/mol. The van der Waals surface area contributed by atoms with E-state index in [2.05, 4.69) is 0 Å². The van der Waals surface area contributed by atoms with Gasteiger partial charge in [-0.05, 0) is 32.0 Å². The zero-order chi connectivity index (χ0) is 16.0. The highest BCUT2D eigenvalue weighted by atomic mass is 35.5. The van der Waals surface area contributed by atoms with E-state index in [0.29, 0.717) is 10.9 Å². The van der Waals surface area contributed by atoms with E-state index in [9.17, 15) is 18.3 Å². The van der Waals surface area contributed by atoms with Gasteiger partial charge in [0, 0.05) is 17.1 Å². The van der Waals surface area contributed by atoms with Gasteiger partial charge in [0.25, 0.3) is 0 Å². The summed E-state index contributed by atoms with van der Waals surface area (Å²) in [6, 6.07) is 5.15. The third-order valence-electron chi connectivity index (χ3n) is 3.76. The van der Waals surface area contributed by atoms with Gasteiger partial charge in [-0.3, -0.25) is 0 Å². The molecule has 0 fully saturated rings. The van der Waals surface area contributed by atoms with Crippen LogP contribution in [0.4, 0.5) is 13.2 Å². The molecule has 0 aliphatic carbocycles. The van der Waals surface area contributed by atoms with Crippen molar-refractivity contribution in [3.63, 3.8) is 0 Å². The van der Waals surface area contributed by atoms with Gasteiger partial charge < -0.3 is 9.67 Å². The Labute approximate surface area is 124 Å². The Morgan fingerprint density at radius 2 is 1.95 bits per heavy atom. The Bertz CT molecular complexity index is 728. The maximum Gasteiger partial charge on any atom is 0.418 e. The molecule has 1 aromatic heterocycles. The molecule has 112 valence electrons. The quantitative estimate of drug-likeness (QED) is 0.909. The maximum absolute atomic E-state index is 12.9. The van der Waals surface area contributed by atoms with E-state index in [1.807, 2.05) is 6.07 Å². The zero-order valence-corrected chi connectivity index (χ0v) is 12.0. The third kappa shape index (κ3) is 2.37. The molecule has 2 atom stereocenters. The van der Waals surface area contributed by atoms with Crippen LogP contribution in [0.5, 0.6) is 0 Å². The van der Waals surface area contributed by atoms with Gasteiger partial charge >= 0.3 is 6.18 Å². The summed E-state index contributed by atoms with van der Waals surface area (Å²) < 4.78 is 40.1. The summed E-state index contributed by atoms with van der Waals surface area (Å²) in [6.07, 6.45) is -3.35. The highest BCUT2D eigenvalue weighted by Crippen LogP contribution is 2.40. The molecule has 0 radical (unpaired) electrons. The summed E-state index contributed by atoms with van der Waals surface area (Å²) in [7, 11) is 0. The number of fused-ring (bicyclic) bond motifs is 1. The van der Waals surface area contributed by atoms with Gasteiger partial charge in [0.05, 0.1) is 16.6 Å². The second-order valence-electron chi connectivity index (χ2n) is 5.02. The minimum Gasteiger partial charge on any atom is -0.379 e. The average molecular weight is 317 g/mol. The minimum atomic E-state index is -4.76. The van der Waals surface area contributed by atoms with Crippen LogP contribution >= 0.6 is 11.6 Å². The first kappa shape index (κ1) is 15.7. The molecule has 1 aromatic carbocycles. The van der Waals surface area contributed by atoms with Gasteiger partial charge in [-0.2, -0.15) is 18.4 Å². The smallest absolute Gasteiger partial charge is 0.379 e. The Hall–Kier alpha value is -1.71. The lowest BCUT2D eigenvalue weighted by molar-refractivity contribution is -0.266. The van der Waals surface area contributed by atoms with Crippen molar-refractivity contribution in [2.45, 2.75) is 31.7 Å². The van der Waals surface area contributed by atoms with E-state index >= 15 is 0 Å². The lowest BCUT2D eigenvalue weighted by Crippen LogP contribution is -2.48. The molecule has 0 saturated heterocycles. The first-order chi connectivity index (χ1) is 9.61. The molecule has 0 saturated carbocycles. The molecule has 1 N–H and O–H groups in total. The number of nitrogens with zero attached hydrogens (tertiary/aromatic N) is 2. The first-order valence-electron chi connectivity index (χ1n) is 6.09. The molecule has 0 aliphatic heterocycles. The van der Waals surface area contributed by atoms with Gasteiger partial charge in [0.1, 0.15) is 6.07 Å². The van der Waals surface area contributed by atoms with Crippen LogP contribution in [0, 0.1) is 11.3 Å². The molecule has 0 unspecified atom stereocenters. The number of alkyl halides is 3. The SMILES string of the molecule is C[C@@H](n1ccc2c(Cl)c(C#N)ccc21)[C@](C)(O)C(F)(F)F. The topological polar surface area (TPSA) is 49.0 Å². The first-order valence-corrected chi connectivity index (χ1v) is 6.47. The molecular formula is C14H12ClF3N2O. The van der Waals surface area contributed by atoms with Gasteiger partial charge in [-0.1, -0.05) is 11.6 Å². The van der Waals surface area contributed by atoms with Crippen LogP contribution < -0.4 is 0 Å². The Kier molecular flexibility index (Phi) is 3.68. The molecule has 2 aromatic rings. The van der Waals surface area contributed by atoms with Crippen molar-refractivity contribution in [1.82, 2.24) is 4.57 Å². The van der Waals surface area contributed by atoms with Crippen molar-refractivity contribution in [2.75, 3.05) is 0 Å². The van der Waals surface area contributed by atoms with Crippen LogP contribution in [-0.4, -0.2) is 21.5 Å². The Morgan fingerprint density at radius 1 is 1.33 bits per heavy atom. The Balaban J connectivity index is 2.60. The predicted molar refractivity (Wildman–Crippen MR) is 73.1 cm³/mol. The van der Waals surface area contributed by atoms with Crippen molar-refractivity contribution in [3.05, 3.63) is 35.0 Å². The highest BCUT2D eigenvalue weighted by molar-refractivity contribution is 6.36. The van der Waals surface area contributed by atoms with Crippen LogP contribution in [0.15, 0.2) is 24.4 Å². The average Bonchev–Trinajstić information content (AvgIpc) is 2.81. The fourth-order valence-corrected chi connectivity index (χ4v) is 2.40. The lowest BCUT2D eigenvalue weighted by Gasteiger charge is -2.33. The molecule has 0 bridgehead atoms. The molecule has 21 heavy (non-hydrogen) atoms. The van der Waals surface area contributed by atoms with Gasteiger partial charge in [0.2, 0.25) is 0 Å². The Morgan fingerprint density at radius 3 is 2.48 bits per heavy atom. The predicted octanol–water partition coefficient (Wildman–Crippen LogP) is 4.04. The summed E-state index contributed by atoms with van der Waals surface area (Å²) >= 11 is 6.04. The zero-order valence-electron chi connectivity index (χ0n) is 11.2. The number of hydrogen-bond acceptors (Lipinski definition) is 2. The molecule has 1 heterocycles. The summed E-state index contributed by atoms with van der Waals surface area (Å²) in [6.45, 7) is 2.01. The van der Waals surface area contributed by atoms with Crippen molar-refractivity contribution >= 4 is 22.5 Å². The molecule has 0 amide bonds. The van der Waals surface area contributed by atoms with Crippen LogP contribution in [0.25, 0.3) is 10.9 Å². The van der Waals surface area contributed by atoms with E-state index in [4.69, 9.17) is 16.9 Å². The number of aliphatic hydroxyl groups is 1. The summed E-state index contributed by atoms with van der Waals surface area (Å²) in [4.78, 5) is 0. The lowest BCUT2D eigenvalue weighted by atomic mass is 9.97. The number of hydrogen-bond donors (Lipinski definition) is 1. The van der Waals surface area contributed by atoms with E-state index in [0.717, 1.165) is 6.92 Å². The van der Waals surface area contributed by atoms with E-state index in [1.165, 1.54) is 35.9 Å². The van der Waals surface area contributed by atoms with E-state index in [-0.39, 0.29) is 10.6 Å². The minimum absolute atomic E-state index is 0.188. The third-order valence-corrected chi connectivity index (χ3v) is 4.17. The van der Waals surface area contributed by atoms with Crippen molar-refractivity contribution in [1.29, 1.82) is 5.26 Å². The largest absolute Gasteiger partial charge is 0.418 e. The standard InChI is InChI=1S/C14H12ClF3N2O/c1-8(13(2,21)14(16,17)18)20-6-5-10-11(20)4-3-9(7-19)12(10)15/h3-6,8,21H,1-2H3/t8-,13+/m1/s1. The fraction of sp³-hybridized carbons (Fsp3) is 0.357. The number of nitriles is 1. The van der Waals surface area contributed by atoms with Crippen molar-refractivity contribution in [2.24, 2.45) is 0 Å². The molecule has 0 spiro atoms. The van der Waals surface area contributed by atoms with Crippen LogP contribution in [-0.2, 0) is 0 Å². The summed E-state index contributed by atoms with van der Waals surface area (Å²) in [5, 5.41) is 19.3. The van der Waals surface area contributed by atoms with E-state index in [1.54, 1.807) is 0 Å². The highest BCUT2D eigenvalue weighted by Gasteiger charge is 2.54. The van der Waals surface area contributed by atoms with Crippen molar-refractivity contribution < 1.29 is 18.3 Å². The normalized spacial score (nSPS) is 16.5. The van der Waals surface area contributed by atoms with Crippen LogP contribution in [0.2, 0.25) is 5.02 Å². The van der Waals surface area contributed by atoms with Crippen LogP contribution in [0.1, 0.15) is 25.5 Å². The fourth-order valence-electron chi connectivity index (χ4n) is 2.13. The summed E-state index contributed by atoms with van der Waals surface area (Å²) in [5.74, 6) is 0. The molecule has 7 heteroatoms. The van der Waals surface area contributed by atoms with Gasteiger partial charge in [-0.15, -0.1) is 0 Å². The van der Waals surface area contributed by atoms with Gasteiger partial charge in [0.15, 0.2) is 5.60 Å². The van der Waals surface area contributed by atoms with E-state index < -0.39 is 17.8 Å². The maximum atomic E-state index is 12.9. The second-order valence-corrected chi connectivity index (χ2v) is 5.39. The number of aromatic nitrogens is 1. The van der Waals surface area contributed by atoms with Crippen LogP contribution in [0.3, 0.4) is 0 Å². The number of rotatable bonds is 2. The molecule has 0 aliphatic rings. The van der Waals surface area contributed by atoms with Crippen molar-refractivity contribution in [3.8, 4) is 6.07 Å². The molecule has 2 rings (SSSR count). The van der Waals surface area contributed by atoms with Gasteiger partial charge in [-0.25, -0.2) is 0 Å². The monoisotopic (exact) mass is 316 g/mol. The number of halogens is 4. The molecule has 3 nitrogen and oxygen atoms in total. The number of benzene rings is 1. The second kappa shape index (κ2) is 4.93.